The van der Waals surface area contributed by atoms with E-state index >= 15 is 0 Å². The summed E-state index contributed by atoms with van der Waals surface area (Å²) in [4.78, 5) is 22.3. The molecule has 1 rings (SSSR count). The first-order chi connectivity index (χ1) is 8.81. The van der Waals surface area contributed by atoms with Gasteiger partial charge in [-0.25, -0.2) is 9.18 Å². The molecule has 1 aromatic rings. The molecule has 0 aliphatic heterocycles. The zero-order valence-corrected chi connectivity index (χ0v) is 10.8. The average molecular weight is 269 g/mol. The lowest BCUT2D eigenvalue weighted by molar-refractivity contribution is -0.146. The summed E-state index contributed by atoms with van der Waals surface area (Å²) in [6, 6.07) is 5.41. The van der Waals surface area contributed by atoms with Crippen LogP contribution in [0, 0.1) is 5.82 Å². The van der Waals surface area contributed by atoms with E-state index < -0.39 is 17.4 Å². The Balaban J connectivity index is 2.35. The Morgan fingerprint density at radius 1 is 1.32 bits per heavy atom. The topological polar surface area (TPSA) is 75.6 Å². The van der Waals surface area contributed by atoms with E-state index in [1.807, 2.05) is 0 Å². The van der Waals surface area contributed by atoms with E-state index in [0.29, 0.717) is 5.75 Å². The van der Waals surface area contributed by atoms with Gasteiger partial charge in [-0.3, -0.25) is 4.79 Å². The Morgan fingerprint density at radius 2 is 1.89 bits per heavy atom. The van der Waals surface area contributed by atoms with Gasteiger partial charge in [-0.05, 0) is 38.1 Å². The number of benzene rings is 1. The highest BCUT2D eigenvalue weighted by atomic mass is 19.1. The van der Waals surface area contributed by atoms with Crippen molar-refractivity contribution >= 4 is 11.9 Å². The molecule has 0 spiro atoms. The third-order valence-electron chi connectivity index (χ3n) is 2.40. The van der Waals surface area contributed by atoms with Crippen LogP contribution in [0.3, 0.4) is 0 Å². The predicted octanol–water partition coefficient (Wildman–Crippen LogP) is 1.57. The van der Waals surface area contributed by atoms with Gasteiger partial charge in [0.15, 0.2) is 0 Å². The maximum Gasteiger partial charge on any atom is 0.328 e. The molecule has 0 fully saturated rings. The molecular weight excluding hydrogens is 253 g/mol. The third kappa shape index (κ3) is 4.95. The highest BCUT2D eigenvalue weighted by molar-refractivity contribution is 5.86. The minimum absolute atomic E-state index is 0.0219. The number of carbonyl (C=O) groups is 2. The Bertz CT molecular complexity index is 456. The second kappa shape index (κ2) is 6.17. The summed E-state index contributed by atoms with van der Waals surface area (Å²) in [5.74, 6) is -1.45. The summed E-state index contributed by atoms with van der Waals surface area (Å²) in [7, 11) is 0. The fourth-order valence-electron chi connectivity index (χ4n) is 1.26. The number of nitrogens with one attached hydrogen (secondary N) is 1. The maximum absolute atomic E-state index is 12.6. The molecule has 2 N–H and O–H groups in total. The van der Waals surface area contributed by atoms with Crippen LogP contribution in [-0.4, -0.2) is 29.1 Å². The lowest BCUT2D eigenvalue weighted by Crippen LogP contribution is -2.49. The van der Waals surface area contributed by atoms with Gasteiger partial charge in [-0.1, -0.05) is 0 Å². The van der Waals surface area contributed by atoms with Crippen LogP contribution >= 0.6 is 0 Å². The van der Waals surface area contributed by atoms with Crippen molar-refractivity contribution in [2.45, 2.75) is 25.8 Å². The van der Waals surface area contributed by atoms with Crippen LogP contribution in [0.25, 0.3) is 0 Å². The zero-order valence-electron chi connectivity index (χ0n) is 10.8. The number of hydrogen-bond donors (Lipinski definition) is 2. The molecule has 0 saturated heterocycles. The number of carbonyl (C=O) groups excluding carboxylic acids is 1. The van der Waals surface area contributed by atoms with E-state index in [0.717, 1.165) is 0 Å². The van der Waals surface area contributed by atoms with Gasteiger partial charge in [-0.15, -0.1) is 0 Å². The average Bonchev–Trinajstić information content (AvgIpc) is 2.31. The SMILES string of the molecule is CC(C)(NC(=O)CCOc1ccc(F)cc1)C(=O)O. The highest BCUT2D eigenvalue weighted by Crippen LogP contribution is 2.11. The lowest BCUT2D eigenvalue weighted by Gasteiger charge is -2.20. The number of hydrogen-bond acceptors (Lipinski definition) is 3. The predicted molar refractivity (Wildman–Crippen MR) is 66.4 cm³/mol. The van der Waals surface area contributed by atoms with Gasteiger partial charge in [0.1, 0.15) is 17.1 Å². The van der Waals surface area contributed by atoms with Gasteiger partial charge >= 0.3 is 5.97 Å². The van der Waals surface area contributed by atoms with Crippen molar-refractivity contribution in [3.8, 4) is 5.75 Å². The van der Waals surface area contributed by atoms with E-state index in [9.17, 15) is 14.0 Å². The molecule has 1 amide bonds. The van der Waals surface area contributed by atoms with Crippen molar-refractivity contribution in [2.75, 3.05) is 6.61 Å². The lowest BCUT2D eigenvalue weighted by atomic mass is 10.1. The molecular formula is C13H16FNO4. The van der Waals surface area contributed by atoms with Gasteiger partial charge in [0, 0.05) is 0 Å². The second-order valence-corrected chi connectivity index (χ2v) is 4.53. The first-order valence-electron chi connectivity index (χ1n) is 5.74. The van der Waals surface area contributed by atoms with E-state index in [-0.39, 0.29) is 18.8 Å². The van der Waals surface area contributed by atoms with Gasteiger partial charge in [0.2, 0.25) is 5.91 Å². The van der Waals surface area contributed by atoms with Crippen LogP contribution in [0.1, 0.15) is 20.3 Å². The molecule has 0 heterocycles. The molecule has 0 atom stereocenters. The molecule has 0 saturated carbocycles. The van der Waals surface area contributed by atoms with Crippen molar-refractivity contribution in [1.29, 1.82) is 0 Å². The first kappa shape index (κ1) is 14.9. The van der Waals surface area contributed by atoms with Crippen LogP contribution in [0.2, 0.25) is 0 Å². The van der Waals surface area contributed by atoms with Crippen LogP contribution in [0.4, 0.5) is 4.39 Å². The molecule has 0 unspecified atom stereocenters. The number of halogens is 1. The zero-order chi connectivity index (χ0) is 14.5. The molecule has 0 radical (unpaired) electrons. The second-order valence-electron chi connectivity index (χ2n) is 4.53. The fraction of sp³-hybridized carbons (Fsp3) is 0.385. The molecule has 5 nitrogen and oxygen atoms in total. The van der Waals surface area contributed by atoms with Gasteiger partial charge in [0.25, 0.3) is 0 Å². The number of carboxylic acid groups (broad SMARTS) is 1. The van der Waals surface area contributed by atoms with Gasteiger partial charge in [-0.2, -0.15) is 0 Å². The summed E-state index contributed by atoms with van der Waals surface area (Å²) in [6.45, 7) is 2.88. The monoisotopic (exact) mass is 269 g/mol. The van der Waals surface area contributed by atoms with Crippen LogP contribution in [0.15, 0.2) is 24.3 Å². The molecule has 1 aromatic carbocycles. The highest BCUT2D eigenvalue weighted by Gasteiger charge is 2.28. The summed E-state index contributed by atoms with van der Waals surface area (Å²) < 4.78 is 17.9. The van der Waals surface area contributed by atoms with E-state index in [2.05, 4.69) is 5.32 Å². The number of ether oxygens (including phenoxy) is 1. The Kier molecular flexibility index (Phi) is 4.86. The molecule has 0 aliphatic rings. The molecule has 0 aliphatic carbocycles. The van der Waals surface area contributed by atoms with Crippen LogP contribution in [0.5, 0.6) is 5.75 Å². The fourth-order valence-corrected chi connectivity index (χ4v) is 1.26. The Labute approximate surface area is 110 Å². The number of carboxylic acids is 1. The van der Waals surface area contributed by atoms with E-state index in [1.54, 1.807) is 0 Å². The van der Waals surface area contributed by atoms with E-state index in [4.69, 9.17) is 9.84 Å². The number of amides is 1. The van der Waals surface area contributed by atoms with Crippen molar-refractivity contribution in [3.05, 3.63) is 30.1 Å². The van der Waals surface area contributed by atoms with Gasteiger partial charge < -0.3 is 15.2 Å². The normalized spacial score (nSPS) is 10.9. The van der Waals surface area contributed by atoms with Gasteiger partial charge in [0.05, 0.1) is 13.0 Å². The Hall–Kier alpha value is -2.11. The summed E-state index contributed by atoms with van der Waals surface area (Å²) in [5, 5.41) is 11.2. The molecule has 19 heavy (non-hydrogen) atoms. The molecule has 0 aromatic heterocycles. The summed E-state index contributed by atoms with van der Waals surface area (Å²) in [6.07, 6.45) is 0.0219. The third-order valence-corrected chi connectivity index (χ3v) is 2.40. The van der Waals surface area contributed by atoms with Crippen molar-refractivity contribution in [2.24, 2.45) is 0 Å². The minimum Gasteiger partial charge on any atom is -0.493 e. The van der Waals surface area contributed by atoms with E-state index in [1.165, 1.54) is 38.1 Å². The largest absolute Gasteiger partial charge is 0.493 e. The quantitative estimate of drug-likeness (QED) is 0.822. The summed E-state index contributed by atoms with van der Waals surface area (Å²) in [5.41, 5.74) is -1.31. The van der Waals surface area contributed by atoms with Crippen molar-refractivity contribution in [1.82, 2.24) is 5.32 Å². The number of aliphatic carboxylic acids is 1. The summed E-state index contributed by atoms with van der Waals surface area (Å²) >= 11 is 0. The van der Waals surface area contributed by atoms with Crippen LogP contribution in [-0.2, 0) is 9.59 Å². The Morgan fingerprint density at radius 3 is 2.42 bits per heavy atom. The maximum atomic E-state index is 12.6. The number of rotatable bonds is 6. The van der Waals surface area contributed by atoms with Crippen LogP contribution < -0.4 is 10.1 Å². The smallest absolute Gasteiger partial charge is 0.328 e. The molecule has 6 heteroatoms. The molecule has 0 bridgehead atoms. The standard InChI is InChI=1S/C13H16FNO4/c1-13(2,12(17)18)15-11(16)7-8-19-10-5-3-9(14)4-6-10/h3-6H,7-8H2,1-2H3,(H,15,16)(H,17,18). The van der Waals surface area contributed by atoms with Crippen molar-refractivity contribution in [3.63, 3.8) is 0 Å². The molecule has 104 valence electrons. The minimum atomic E-state index is -1.31. The first-order valence-corrected chi connectivity index (χ1v) is 5.74. The van der Waals surface area contributed by atoms with Crippen molar-refractivity contribution < 1.29 is 23.8 Å².